The largest absolute Gasteiger partial charge is 0.494 e. The highest BCUT2D eigenvalue weighted by molar-refractivity contribution is 7.89. The summed E-state index contributed by atoms with van der Waals surface area (Å²) in [6.07, 6.45) is -4.85. The van der Waals surface area contributed by atoms with Crippen molar-refractivity contribution in [3.05, 3.63) is 18.0 Å². The number of ether oxygens (including phenoxy) is 1. The molecule has 0 radical (unpaired) electrons. The SMILES string of the molecule is CCN(CC)c1cc(N=S(=O)(OF)C(F)F)c(N=Nc2nc(C(F)(F)F)nn2C)cc1OC. The van der Waals surface area contributed by atoms with E-state index < -0.39 is 39.4 Å². The first-order chi connectivity index (χ1) is 15.4. The van der Waals surface area contributed by atoms with Gasteiger partial charge in [-0.05, 0) is 24.4 Å². The number of aromatic nitrogens is 3. The van der Waals surface area contributed by atoms with Crippen molar-refractivity contribution in [1.29, 1.82) is 0 Å². The first-order valence-electron chi connectivity index (χ1n) is 9.11. The molecule has 0 saturated heterocycles. The molecule has 17 heteroatoms. The van der Waals surface area contributed by atoms with E-state index >= 15 is 0 Å². The van der Waals surface area contributed by atoms with Crippen LogP contribution in [-0.2, 0) is 27.6 Å². The van der Waals surface area contributed by atoms with Gasteiger partial charge in [-0.25, -0.2) is 8.89 Å². The summed E-state index contributed by atoms with van der Waals surface area (Å²) in [7, 11) is -2.70. The number of azo groups is 1. The van der Waals surface area contributed by atoms with E-state index in [4.69, 9.17) is 4.74 Å². The maximum Gasteiger partial charge on any atom is 0.453 e. The Bertz CT molecular complexity index is 1120. The second-order valence-electron chi connectivity index (χ2n) is 6.17. The lowest BCUT2D eigenvalue weighted by Crippen LogP contribution is -2.22. The van der Waals surface area contributed by atoms with Crippen LogP contribution in [0.5, 0.6) is 5.75 Å². The summed E-state index contributed by atoms with van der Waals surface area (Å²) in [4.78, 5) is 4.91. The number of rotatable bonds is 9. The van der Waals surface area contributed by atoms with Gasteiger partial charge in [-0.1, -0.05) is 4.39 Å². The summed E-state index contributed by atoms with van der Waals surface area (Å²) in [6, 6.07) is 2.29. The van der Waals surface area contributed by atoms with Gasteiger partial charge < -0.3 is 9.64 Å². The molecule has 1 unspecified atom stereocenters. The van der Waals surface area contributed by atoms with Crippen LogP contribution in [-0.4, -0.2) is 44.9 Å². The van der Waals surface area contributed by atoms with E-state index in [1.807, 2.05) is 0 Å². The lowest BCUT2D eigenvalue weighted by Gasteiger charge is -2.24. The zero-order valence-electron chi connectivity index (χ0n) is 17.7. The molecule has 0 aliphatic carbocycles. The van der Waals surface area contributed by atoms with Crippen LogP contribution in [0.1, 0.15) is 19.7 Å². The van der Waals surface area contributed by atoms with Crippen LogP contribution in [0.3, 0.4) is 0 Å². The smallest absolute Gasteiger partial charge is 0.453 e. The van der Waals surface area contributed by atoms with Crippen LogP contribution in [0.2, 0.25) is 0 Å². The molecule has 0 aliphatic rings. The predicted molar refractivity (Wildman–Crippen MR) is 105 cm³/mol. The van der Waals surface area contributed by atoms with Crippen molar-refractivity contribution in [2.45, 2.75) is 25.8 Å². The Morgan fingerprint density at radius 1 is 1.18 bits per heavy atom. The highest BCUT2D eigenvalue weighted by Gasteiger charge is 2.37. The van der Waals surface area contributed by atoms with Crippen LogP contribution < -0.4 is 9.64 Å². The van der Waals surface area contributed by atoms with E-state index in [0.717, 1.165) is 19.2 Å². The number of alkyl halides is 5. The molecule has 0 bridgehead atoms. The number of aryl methyl sites for hydroxylation is 1. The third-order valence-electron chi connectivity index (χ3n) is 4.16. The maximum atomic E-state index is 13.1. The van der Waals surface area contributed by atoms with Crippen LogP contribution in [0, 0.1) is 0 Å². The van der Waals surface area contributed by atoms with Gasteiger partial charge in [0.15, 0.2) is 0 Å². The molecule has 0 spiro atoms. The maximum absolute atomic E-state index is 13.1. The van der Waals surface area contributed by atoms with Gasteiger partial charge in [0.1, 0.15) is 17.1 Å². The Balaban J connectivity index is 2.73. The van der Waals surface area contributed by atoms with Crippen molar-refractivity contribution in [2.24, 2.45) is 21.6 Å². The number of halogens is 6. The Morgan fingerprint density at radius 2 is 1.82 bits per heavy atom. The quantitative estimate of drug-likeness (QED) is 0.342. The van der Waals surface area contributed by atoms with E-state index in [2.05, 4.69) is 29.1 Å². The number of methoxy groups -OCH3 is 1. The van der Waals surface area contributed by atoms with E-state index in [0.29, 0.717) is 23.5 Å². The van der Waals surface area contributed by atoms with Crippen molar-refractivity contribution < 1.29 is 39.8 Å². The average molecular weight is 503 g/mol. The van der Waals surface area contributed by atoms with Crippen LogP contribution in [0.15, 0.2) is 26.7 Å². The zero-order chi connectivity index (χ0) is 25.0. The molecule has 0 fully saturated rings. The third-order valence-corrected chi connectivity index (χ3v) is 5.24. The first-order valence-corrected chi connectivity index (χ1v) is 10.6. The minimum absolute atomic E-state index is 0.158. The fourth-order valence-electron chi connectivity index (χ4n) is 2.58. The molecule has 0 aliphatic heterocycles. The molecule has 2 rings (SSSR count). The van der Waals surface area contributed by atoms with E-state index in [1.165, 1.54) is 7.11 Å². The molecule has 184 valence electrons. The summed E-state index contributed by atoms with van der Waals surface area (Å²) in [6.45, 7) is 4.45. The fourth-order valence-corrected chi connectivity index (χ4v) is 3.16. The van der Waals surface area contributed by atoms with E-state index in [9.17, 15) is 30.7 Å². The first kappa shape index (κ1) is 26.3. The van der Waals surface area contributed by atoms with Crippen LogP contribution in [0.4, 0.5) is 49.5 Å². The molecular weight excluding hydrogens is 484 g/mol. The van der Waals surface area contributed by atoms with Gasteiger partial charge in [0.25, 0.3) is 21.8 Å². The van der Waals surface area contributed by atoms with Gasteiger partial charge in [-0.3, -0.25) is 0 Å². The average Bonchev–Trinajstić information content (AvgIpc) is 3.14. The molecule has 33 heavy (non-hydrogen) atoms. The lowest BCUT2D eigenvalue weighted by atomic mass is 10.2. The summed E-state index contributed by atoms with van der Waals surface area (Å²) in [5, 5.41) is 10.4. The number of nitrogens with zero attached hydrogens (tertiary/aromatic N) is 7. The normalized spacial score (nSPS) is 14.0. The Hall–Kier alpha value is -2.95. The lowest BCUT2D eigenvalue weighted by molar-refractivity contribution is -0.144. The zero-order valence-corrected chi connectivity index (χ0v) is 18.5. The van der Waals surface area contributed by atoms with Gasteiger partial charge in [0.05, 0.1) is 12.8 Å². The topological polar surface area (TPSA) is 107 Å². The standard InChI is InChI=1S/C16H19F6N7O3S/c1-5-29(6-2)11-7-10(27-33(30,32-22)14(17)18)9(8-12(11)31-4)24-25-15-23-13(16(19,20)21)26-28(15)3/h7-8,14H,5-6H2,1-4H3. The summed E-state index contributed by atoms with van der Waals surface area (Å²) >= 11 is 0. The van der Waals surface area contributed by atoms with E-state index in [-0.39, 0.29) is 11.4 Å². The number of hydrogen-bond donors (Lipinski definition) is 0. The monoisotopic (exact) mass is 503 g/mol. The molecular formula is C16H19F6N7O3S. The molecule has 1 aromatic carbocycles. The Labute approximate surface area is 184 Å². The Morgan fingerprint density at radius 3 is 2.27 bits per heavy atom. The molecule has 0 N–H and O–H groups in total. The number of anilines is 1. The minimum atomic E-state index is -5.12. The van der Waals surface area contributed by atoms with Crippen LogP contribution in [0.25, 0.3) is 0 Å². The molecule has 0 amide bonds. The number of hydrogen-bond acceptors (Lipinski definition) is 9. The molecule has 1 aromatic heterocycles. The summed E-state index contributed by atoms with van der Waals surface area (Å²) in [5.74, 6) is -5.73. The summed E-state index contributed by atoms with van der Waals surface area (Å²) < 4.78 is 101. The van der Waals surface area contributed by atoms with E-state index in [1.54, 1.807) is 18.7 Å². The molecule has 10 nitrogen and oxygen atoms in total. The Kier molecular flexibility index (Phi) is 8.23. The molecule has 2 aromatic rings. The second kappa shape index (κ2) is 10.3. The molecule has 0 saturated carbocycles. The van der Waals surface area contributed by atoms with Gasteiger partial charge in [-0.15, -0.1) is 15.3 Å². The third kappa shape index (κ3) is 5.89. The molecule has 1 heterocycles. The van der Waals surface area contributed by atoms with Crippen molar-refractivity contribution in [3.63, 3.8) is 0 Å². The predicted octanol–water partition coefficient (Wildman–Crippen LogP) is 5.24. The molecule has 1 atom stereocenters. The van der Waals surface area contributed by atoms with Crippen LogP contribution >= 0.6 is 0 Å². The summed E-state index contributed by atoms with van der Waals surface area (Å²) in [5.41, 5.74) is -0.611. The van der Waals surface area contributed by atoms with Gasteiger partial charge in [0, 0.05) is 26.2 Å². The fraction of sp³-hybridized carbons (Fsp3) is 0.500. The number of benzene rings is 1. The minimum Gasteiger partial charge on any atom is -0.494 e. The van der Waals surface area contributed by atoms with Gasteiger partial charge >= 0.3 is 11.9 Å². The second-order valence-corrected chi connectivity index (χ2v) is 7.87. The van der Waals surface area contributed by atoms with Gasteiger partial charge in [-0.2, -0.15) is 31.3 Å². The highest BCUT2D eigenvalue weighted by atomic mass is 32.2. The van der Waals surface area contributed by atoms with Crippen molar-refractivity contribution in [1.82, 2.24) is 14.8 Å². The van der Waals surface area contributed by atoms with Crippen molar-refractivity contribution >= 4 is 33.0 Å². The van der Waals surface area contributed by atoms with Gasteiger partial charge in [0.2, 0.25) is 0 Å². The van der Waals surface area contributed by atoms with Crippen molar-refractivity contribution in [2.75, 3.05) is 25.1 Å². The highest BCUT2D eigenvalue weighted by Crippen LogP contribution is 2.42. The van der Waals surface area contributed by atoms with Crippen molar-refractivity contribution in [3.8, 4) is 5.75 Å².